The van der Waals surface area contributed by atoms with Crippen LogP contribution in [0, 0.1) is 5.82 Å². The first-order valence-electron chi connectivity index (χ1n) is 9.84. The zero-order chi connectivity index (χ0) is 23.8. The Morgan fingerprint density at radius 2 is 1.77 bits per heavy atom. The van der Waals surface area contributed by atoms with Gasteiger partial charge >= 0.3 is 12.1 Å². The lowest BCUT2D eigenvalue weighted by atomic mass is 10.1. The van der Waals surface area contributed by atoms with Crippen LogP contribution in [0.5, 0.6) is 0 Å². The number of amides is 1. The summed E-state index contributed by atoms with van der Waals surface area (Å²) in [6.45, 7) is 14.1. The van der Waals surface area contributed by atoms with E-state index in [0.717, 1.165) is 0 Å². The minimum absolute atomic E-state index is 0.0158. The maximum Gasteiger partial charge on any atom is 0.408 e. The van der Waals surface area contributed by atoms with Crippen LogP contribution in [0.2, 0.25) is 5.02 Å². The summed E-state index contributed by atoms with van der Waals surface area (Å²) in [5.74, 6) is -0.900. The van der Waals surface area contributed by atoms with Crippen molar-refractivity contribution < 1.29 is 28.2 Å². The number of benzene rings is 1. The van der Waals surface area contributed by atoms with Gasteiger partial charge in [0.05, 0.1) is 11.6 Å². The van der Waals surface area contributed by atoms with Gasteiger partial charge in [0.15, 0.2) is 0 Å². The molecule has 0 fully saturated rings. The molecule has 1 aromatic carbocycles. The van der Waals surface area contributed by atoms with Crippen LogP contribution in [-0.2, 0) is 19.0 Å². The number of nitrogens with one attached hydrogen (secondary N) is 1. The molecular formula is C23H31ClFNO5. The van der Waals surface area contributed by atoms with Gasteiger partial charge in [0, 0.05) is 12.0 Å². The van der Waals surface area contributed by atoms with E-state index < -0.39 is 35.1 Å². The highest BCUT2D eigenvalue weighted by molar-refractivity contribution is 6.30. The molecule has 31 heavy (non-hydrogen) atoms. The summed E-state index contributed by atoms with van der Waals surface area (Å²) in [6.07, 6.45) is 2.34. The van der Waals surface area contributed by atoms with E-state index in [1.54, 1.807) is 53.7 Å². The monoisotopic (exact) mass is 455 g/mol. The lowest BCUT2D eigenvalue weighted by Gasteiger charge is -2.26. The van der Waals surface area contributed by atoms with Crippen molar-refractivity contribution >= 4 is 29.7 Å². The number of rotatable bonds is 8. The number of esters is 1. The molecule has 1 unspecified atom stereocenters. The minimum atomic E-state index is -0.976. The molecule has 0 aromatic heterocycles. The van der Waals surface area contributed by atoms with E-state index in [-0.39, 0.29) is 29.4 Å². The number of ether oxygens (including phenoxy) is 3. The van der Waals surface area contributed by atoms with Crippen LogP contribution >= 0.6 is 11.6 Å². The molecule has 1 amide bonds. The van der Waals surface area contributed by atoms with Crippen LogP contribution in [0.1, 0.15) is 53.5 Å². The highest BCUT2D eigenvalue weighted by Crippen LogP contribution is 2.19. The molecule has 1 atom stereocenters. The summed E-state index contributed by atoms with van der Waals surface area (Å²) in [7, 11) is 0. The van der Waals surface area contributed by atoms with E-state index in [2.05, 4.69) is 11.9 Å². The quantitative estimate of drug-likeness (QED) is 0.311. The maximum absolute atomic E-state index is 13.9. The smallest absolute Gasteiger partial charge is 0.408 e. The number of hydrogen-bond donors (Lipinski definition) is 1. The Balaban J connectivity index is 2.71. The van der Waals surface area contributed by atoms with Gasteiger partial charge in [-0.25, -0.2) is 14.0 Å². The summed E-state index contributed by atoms with van der Waals surface area (Å²) < 4.78 is 30.0. The molecule has 0 bridgehead atoms. The van der Waals surface area contributed by atoms with E-state index in [1.807, 2.05) is 0 Å². The Hall–Kier alpha value is -2.54. The second-order valence-electron chi connectivity index (χ2n) is 8.81. The van der Waals surface area contributed by atoms with Crippen LogP contribution < -0.4 is 5.32 Å². The molecule has 1 rings (SSSR count). The van der Waals surface area contributed by atoms with Gasteiger partial charge in [-0.05, 0) is 59.8 Å². The lowest BCUT2D eigenvalue weighted by Crippen LogP contribution is -2.46. The molecule has 0 radical (unpaired) electrons. The Morgan fingerprint density at radius 3 is 2.35 bits per heavy atom. The molecule has 1 aromatic rings. The SMILES string of the molecule is C=C(/C=C/c1cccc(Cl)c1F)OCCC(NC(=O)OC(C)(C)C)C(=O)OC(C)(C)C. The van der Waals surface area contributed by atoms with Crippen LogP contribution in [0.25, 0.3) is 6.08 Å². The fourth-order valence-corrected chi connectivity index (χ4v) is 2.44. The van der Waals surface area contributed by atoms with Crippen molar-refractivity contribution in [3.05, 3.63) is 53.0 Å². The molecule has 0 heterocycles. The Bertz CT molecular complexity index is 824. The summed E-state index contributed by atoms with van der Waals surface area (Å²) in [5.41, 5.74) is -1.15. The van der Waals surface area contributed by atoms with Crippen molar-refractivity contribution in [2.75, 3.05) is 6.61 Å². The van der Waals surface area contributed by atoms with Crippen molar-refractivity contribution in [2.24, 2.45) is 0 Å². The lowest BCUT2D eigenvalue weighted by molar-refractivity contribution is -0.157. The largest absolute Gasteiger partial charge is 0.494 e. The second kappa shape index (κ2) is 11.2. The zero-order valence-electron chi connectivity index (χ0n) is 18.9. The molecule has 0 saturated carbocycles. The Labute approximate surface area is 188 Å². The van der Waals surface area contributed by atoms with E-state index in [4.69, 9.17) is 25.8 Å². The first-order chi connectivity index (χ1) is 14.2. The van der Waals surface area contributed by atoms with Crippen LogP contribution in [0.4, 0.5) is 9.18 Å². The minimum Gasteiger partial charge on any atom is -0.494 e. The summed E-state index contributed by atoms with van der Waals surface area (Å²) in [4.78, 5) is 24.6. The maximum atomic E-state index is 13.9. The molecule has 8 heteroatoms. The van der Waals surface area contributed by atoms with Crippen molar-refractivity contribution in [1.82, 2.24) is 5.32 Å². The fraction of sp³-hybridized carbons (Fsp3) is 0.478. The first kappa shape index (κ1) is 26.5. The molecule has 6 nitrogen and oxygen atoms in total. The van der Waals surface area contributed by atoms with Gasteiger partial charge in [-0.15, -0.1) is 0 Å². The molecule has 0 saturated heterocycles. The van der Waals surface area contributed by atoms with Gasteiger partial charge in [0.25, 0.3) is 0 Å². The standard InChI is InChI=1S/C23H31ClFNO5/c1-15(11-12-16-9-8-10-17(24)19(16)25)29-14-13-18(20(27)30-22(2,3)4)26-21(28)31-23(5,6)7/h8-12,18H,1,13-14H2,2-7H3,(H,26,28)/b12-11+. The summed E-state index contributed by atoms with van der Waals surface area (Å²) >= 11 is 5.75. The Kier molecular flexibility index (Phi) is 9.56. The third-order valence-electron chi connectivity index (χ3n) is 3.51. The van der Waals surface area contributed by atoms with Crippen LogP contribution in [0.15, 0.2) is 36.6 Å². The van der Waals surface area contributed by atoms with Gasteiger partial charge < -0.3 is 19.5 Å². The number of hydrogen-bond acceptors (Lipinski definition) is 5. The number of carbonyl (C=O) groups is 2. The van der Waals surface area contributed by atoms with Crippen molar-refractivity contribution in [1.29, 1.82) is 0 Å². The normalized spacial score (nSPS) is 12.9. The van der Waals surface area contributed by atoms with E-state index in [1.165, 1.54) is 18.2 Å². The van der Waals surface area contributed by atoms with Crippen molar-refractivity contribution in [2.45, 2.75) is 65.2 Å². The highest BCUT2D eigenvalue weighted by atomic mass is 35.5. The fourth-order valence-electron chi connectivity index (χ4n) is 2.26. The van der Waals surface area contributed by atoms with Gasteiger partial charge in [-0.1, -0.05) is 30.3 Å². The van der Waals surface area contributed by atoms with Crippen LogP contribution in [-0.4, -0.2) is 35.9 Å². The molecular weight excluding hydrogens is 425 g/mol. The highest BCUT2D eigenvalue weighted by Gasteiger charge is 2.28. The average molecular weight is 456 g/mol. The first-order valence-corrected chi connectivity index (χ1v) is 10.2. The number of alkyl carbamates (subject to hydrolysis) is 1. The van der Waals surface area contributed by atoms with Gasteiger partial charge in [-0.3, -0.25) is 0 Å². The molecule has 1 N–H and O–H groups in total. The second-order valence-corrected chi connectivity index (χ2v) is 9.22. The van der Waals surface area contributed by atoms with Crippen LogP contribution in [0.3, 0.4) is 0 Å². The number of halogens is 2. The molecule has 0 aliphatic carbocycles. The average Bonchev–Trinajstić information content (AvgIpc) is 2.59. The summed E-state index contributed by atoms with van der Waals surface area (Å²) in [5, 5.41) is 2.53. The third kappa shape index (κ3) is 10.9. The molecule has 0 spiro atoms. The third-order valence-corrected chi connectivity index (χ3v) is 3.80. The Morgan fingerprint density at radius 1 is 1.16 bits per heavy atom. The van der Waals surface area contributed by atoms with Crippen molar-refractivity contribution in [3.8, 4) is 0 Å². The topological polar surface area (TPSA) is 73.9 Å². The van der Waals surface area contributed by atoms with Gasteiger partial charge in [0.1, 0.15) is 28.8 Å². The number of carbonyl (C=O) groups excluding carboxylic acids is 2. The zero-order valence-corrected chi connectivity index (χ0v) is 19.6. The van der Waals surface area contributed by atoms with Crippen molar-refractivity contribution in [3.63, 3.8) is 0 Å². The van der Waals surface area contributed by atoms with Gasteiger partial charge in [-0.2, -0.15) is 0 Å². The van der Waals surface area contributed by atoms with E-state index in [9.17, 15) is 14.0 Å². The van der Waals surface area contributed by atoms with E-state index >= 15 is 0 Å². The summed E-state index contributed by atoms with van der Waals surface area (Å²) in [6, 6.07) is 3.67. The predicted molar refractivity (Wildman–Crippen MR) is 119 cm³/mol. The number of allylic oxidation sites excluding steroid dienone is 1. The van der Waals surface area contributed by atoms with E-state index in [0.29, 0.717) is 0 Å². The molecule has 172 valence electrons. The molecule has 0 aliphatic rings. The van der Waals surface area contributed by atoms with Gasteiger partial charge in [0.2, 0.25) is 0 Å². The molecule has 0 aliphatic heterocycles. The predicted octanol–water partition coefficient (Wildman–Crippen LogP) is 5.65.